The number of pyridine rings is 2. The molecule has 5 heterocycles. The van der Waals surface area contributed by atoms with Gasteiger partial charge in [0, 0.05) is 35.4 Å². The molecule has 0 amide bonds. The van der Waals surface area contributed by atoms with Crippen LogP contribution in [0.15, 0.2) is 47.7 Å². The van der Waals surface area contributed by atoms with Gasteiger partial charge in [-0.15, -0.1) is 0 Å². The number of nitrogens with zero attached hydrogens (tertiary/aromatic N) is 5. The highest BCUT2D eigenvalue weighted by Crippen LogP contribution is 2.40. The topological polar surface area (TPSA) is 94.1 Å². The first-order valence-electron chi connectivity index (χ1n) is 12.9. The standard InChI is InChI=1S/C28H32N6O2/c1-17(2)25-26(20-12-24(35-3)28-30-15-31-34(28)14-20)33-23-11-10-22(32-27(23)25)19-7-4-18(5-8-19)6-9-21-13-29-16-36-21/h10-19,33H,4-9H2,1-3H3. The zero-order valence-corrected chi connectivity index (χ0v) is 21.1. The van der Waals surface area contributed by atoms with Crippen LogP contribution in [0.5, 0.6) is 5.75 Å². The maximum Gasteiger partial charge on any atom is 0.197 e. The van der Waals surface area contributed by atoms with E-state index in [-0.39, 0.29) is 0 Å². The lowest BCUT2D eigenvalue weighted by atomic mass is 9.78. The van der Waals surface area contributed by atoms with E-state index in [2.05, 4.69) is 46.0 Å². The predicted molar refractivity (Wildman–Crippen MR) is 138 cm³/mol. The highest BCUT2D eigenvalue weighted by Gasteiger charge is 2.25. The molecule has 0 saturated heterocycles. The number of aromatic nitrogens is 6. The van der Waals surface area contributed by atoms with Crippen LogP contribution in [0.3, 0.4) is 0 Å². The summed E-state index contributed by atoms with van der Waals surface area (Å²) in [5.41, 5.74) is 7.37. The van der Waals surface area contributed by atoms with Crippen molar-refractivity contribution in [2.24, 2.45) is 5.92 Å². The molecule has 0 unspecified atom stereocenters. The minimum atomic E-state index is 0.306. The minimum absolute atomic E-state index is 0.306. The van der Waals surface area contributed by atoms with E-state index in [0.717, 1.165) is 40.4 Å². The summed E-state index contributed by atoms with van der Waals surface area (Å²) in [6.07, 6.45) is 13.9. The van der Waals surface area contributed by atoms with Gasteiger partial charge in [0.2, 0.25) is 0 Å². The zero-order valence-electron chi connectivity index (χ0n) is 21.1. The summed E-state index contributed by atoms with van der Waals surface area (Å²) >= 11 is 0. The van der Waals surface area contributed by atoms with Crippen LogP contribution in [0, 0.1) is 5.92 Å². The molecule has 1 aliphatic rings. The second kappa shape index (κ2) is 9.41. The third kappa shape index (κ3) is 4.14. The molecule has 0 radical (unpaired) electrons. The third-order valence-corrected chi connectivity index (χ3v) is 7.68. The van der Waals surface area contributed by atoms with Crippen LogP contribution in [0.2, 0.25) is 0 Å². The first-order valence-corrected chi connectivity index (χ1v) is 12.9. The lowest BCUT2D eigenvalue weighted by molar-refractivity contribution is 0.302. The molecule has 1 fully saturated rings. The number of rotatable bonds is 7. The fraction of sp³-hybridized carbons (Fsp3) is 0.429. The van der Waals surface area contributed by atoms with E-state index >= 15 is 0 Å². The summed E-state index contributed by atoms with van der Waals surface area (Å²) in [5, 5.41) is 4.34. The maximum absolute atomic E-state index is 5.61. The average molecular weight is 485 g/mol. The van der Waals surface area contributed by atoms with Crippen molar-refractivity contribution < 1.29 is 9.15 Å². The van der Waals surface area contributed by atoms with Gasteiger partial charge in [-0.2, -0.15) is 5.10 Å². The number of ether oxygens (including phenoxy) is 1. The number of methoxy groups -OCH3 is 1. The smallest absolute Gasteiger partial charge is 0.197 e. The van der Waals surface area contributed by atoms with Crippen LogP contribution in [-0.4, -0.2) is 36.7 Å². The molecule has 6 rings (SSSR count). The molecule has 0 aromatic carbocycles. The molecule has 8 heteroatoms. The Bertz CT molecular complexity index is 1480. The van der Waals surface area contributed by atoms with Crippen LogP contribution in [0.25, 0.3) is 27.9 Å². The summed E-state index contributed by atoms with van der Waals surface area (Å²) in [6.45, 7) is 4.46. The Balaban J connectivity index is 1.27. The fourth-order valence-corrected chi connectivity index (χ4v) is 5.76. The molecule has 1 saturated carbocycles. The number of nitrogens with one attached hydrogen (secondary N) is 1. The summed E-state index contributed by atoms with van der Waals surface area (Å²) in [5.74, 6) is 3.27. The van der Waals surface area contributed by atoms with Crippen molar-refractivity contribution >= 4 is 16.7 Å². The molecule has 5 aromatic rings. The molecule has 0 atom stereocenters. The molecule has 186 valence electrons. The van der Waals surface area contributed by atoms with Gasteiger partial charge in [-0.3, -0.25) is 4.98 Å². The van der Waals surface area contributed by atoms with Crippen LogP contribution in [0.1, 0.15) is 74.8 Å². The first-order chi connectivity index (χ1) is 17.6. The SMILES string of the molecule is COc1cc(-c2[nH]c3ccc(C4CCC(CCc5cnco5)CC4)nc3c2C(C)C)cn2ncnc12. The van der Waals surface area contributed by atoms with Crippen LogP contribution < -0.4 is 4.74 Å². The second-order valence-electron chi connectivity index (χ2n) is 10.3. The van der Waals surface area contributed by atoms with Gasteiger partial charge in [-0.05, 0) is 62.1 Å². The van der Waals surface area contributed by atoms with Crippen molar-refractivity contribution in [1.82, 2.24) is 29.5 Å². The summed E-state index contributed by atoms with van der Waals surface area (Å²) in [7, 11) is 1.67. The quantitative estimate of drug-likeness (QED) is 0.291. The molecule has 0 aliphatic heterocycles. The van der Waals surface area contributed by atoms with Crippen LogP contribution in [-0.2, 0) is 6.42 Å². The molecule has 5 aromatic heterocycles. The fourth-order valence-electron chi connectivity index (χ4n) is 5.76. The van der Waals surface area contributed by atoms with Crippen LogP contribution in [0.4, 0.5) is 0 Å². The average Bonchev–Trinajstić information content (AvgIpc) is 3.66. The third-order valence-electron chi connectivity index (χ3n) is 7.68. The normalized spacial score (nSPS) is 18.4. The van der Waals surface area contributed by atoms with Gasteiger partial charge in [0.05, 0.1) is 30.0 Å². The van der Waals surface area contributed by atoms with Crippen molar-refractivity contribution in [2.75, 3.05) is 7.11 Å². The summed E-state index contributed by atoms with van der Waals surface area (Å²) in [4.78, 5) is 17.2. The van der Waals surface area contributed by atoms with Gasteiger partial charge in [-0.1, -0.05) is 13.8 Å². The molecule has 0 bridgehead atoms. The maximum atomic E-state index is 5.61. The Kier molecular flexibility index (Phi) is 5.95. The highest BCUT2D eigenvalue weighted by atomic mass is 16.5. The second-order valence-corrected chi connectivity index (χ2v) is 10.3. The molecular weight excluding hydrogens is 452 g/mol. The van der Waals surface area contributed by atoms with E-state index < -0.39 is 0 Å². The number of H-pyrrole nitrogens is 1. The van der Waals surface area contributed by atoms with Gasteiger partial charge in [-0.25, -0.2) is 14.5 Å². The van der Waals surface area contributed by atoms with E-state index in [1.165, 1.54) is 49.8 Å². The Hall–Kier alpha value is -3.68. The molecule has 1 N–H and O–H groups in total. The first kappa shape index (κ1) is 22.8. The monoisotopic (exact) mass is 484 g/mol. The molecule has 1 aliphatic carbocycles. The Morgan fingerprint density at radius 1 is 1.19 bits per heavy atom. The van der Waals surface area contributed by atoms with Crippen molar-refractivity contribution in [3.05, 3.63) is 60.3 Å². The molecular formula is C28H32N6O2. The van der Waals surface area contributed by atoms with Crippen molar-refractivity contribution in [1.29, 1.82) is 0 Å². The van der Waals surface area contributed by atoms with E-state index in [0.29, 0.717) is 23.2 Å². The number of aryl methyl sites for hydroxylation is 1. The largest absolute Gasteiger partial charge is 0.493 e. The lowest BCUT2D eigenvalue weighted by Crippen LogP contribution is -2.15. The van der Waals surface area contributed by atoms with E-state index in [9.17, 15) is 0 Å². The summed E-state index contributed by atoms with van der Waals surface area (Å²) < 4.78 is 12.8. The van der Waals surface area contributed by atoms with Gasteiger partial charge in [0.1, 0.15) is 12.1 Å². The Morgan fingerprint density at radius 3 is 2.81 bits per heavy atom. The predicted octanol–water partition coefficient (Wildman–Crippen LogP) is 6.30. The van der Waals surface area contributed by atoms with E-state index in [1.807, 2.05) is 18.5 Å². The number of oxazole rings is 1. The minimum Gasteiger partial charge on any atom is -0.493 e. The van der Waals surface area contributed by atoms with Gasteiger partial charge < -0.3 is 14.1 Å². The highest BCUT2D eigenvalue weighted by molar-refractivity contribution is 5.89. The van der Waals surface area contributed by atoms with Crippen molar-refractivity contribution in [3.8, 4) is 17.0 Å². The molecule has 8 nitrogen and oxygen atoms in total. The molecule has 36 heavy (non-hydrogen) atoms. The lowest BCUT2D eigenvalue weighted by Gasteiger charge is -2.28. The van der Waals surface area contributed by atoms with Gasteiger partial charge in [0.15, 0.2) is 17.8 Å². The Morgan fingerprint density at radius 2 is 2.06 bits per heavy atom. The van der Waals surface area contributed by atoms with E-state index in [1.54, 1.807) is 18.0 Å². The number of hydrogen-bond donors (Lipinski definition) is 1. The van der Waals surface area contributed by atoms with Crippen molar-refractivity contribution in [2.45, 2.75) is 64.2 Å². The molecule has 0 spiro atoms. The number of aromatic amines is 1. The number of hydrogen-bond acceptors (Lipinski definition) is 6. The van der Waals surface area contributed by atoms with Gasteiger partial charge in [0.25, 0.3) is 0 Å². The van der Waals surface area contributed by atoms with Gasteiger partial charge >= 0.3 is 0 Å². The Labute approximate surface area is 210 Å². The van der Waals surface area contributed by atoms with E-state index in [4.69, 9.17) is 14.1 Å². The number of fused-ring (bicyclic) bond motifs is 2. The van der Waals surface area contributed by atoms with Crippen molar-refractivity contribution in [3.63, 3.8) is 0 Å². The zero-order chi connectivity index (χ0) is 24.6. The summed E-state index contributed by atoms with van der Waals surface area (Å²) in [6, 6.07) is 6.45. The van der Waals surface area contributed by atoms with Crippen LogP contribution >= 0.6 is 0 Å².